The zero-order valence-corrected chi connectivity index (χ0v) is 12.6. The Kier molecular flexibility index (Phi) is 4.48. The van der Waals surface area contributed by atoms with E-state index < -0.39 is 5.41 Å². The van der Waals surface area contributed by atoms with Crippen molar-refractivity contribution in [2.24, 2.45) is 5.41 Å². The Morgan fingerprint density at radius 1 is 1.61 bits per heavy atom. The maximum Gasteiger partial charge on any atom is 0.202 e. The standard InChI is InChI=1S/C13H19NO2S2/c1-9-6-11(17-8-9)18-12(15)13(2,3)10-7-14-4-5-16-10/h6,8,10,14H,4-5,7H2,1-3H3. The molecule has 0 aromatic carbocycles. The fourth-order valence-electron chi connectivity index (χ4n) is 1.84. The SMILES string of the molecule is Cc1csc(SC(=O)C(C)(C)C2CNCCO2)c1. The summed E-state index contributed by atoms with van der Waals surface area (Å²) in [4.78, 5) is 12.4. The van der Waals surface area contributed by atoms with Crippen molar-refractivity contribution in [3.63, 3.8) is 0 Å². The van der Waals surface area contributed by atoms with E-state index in [0.717, 1.165) is 17.3 Å². The Morgan fingerprint density at radius 3 is 2.94 bits per heavy atom. The lowest BCUT2D eigenvalue weighted by atomic mass is 9.87. The predicted octanol–water partition coefficient (Wildman–Crippen LogP) is 2.69. The highest BCUT2D eigenvalue weighted by molar-refractivity contribution is 8.15. The molecule has 1 N–H and O–H groups in total. The van der Waals surface area contributed by atoms with Crippen LogP contribution in [0.3, 0.4) is 0 Å². The summed E-state index contributed by atoms with van der Waals surface area (Å²) < 4.78 is 6.78. The van der Waals surface area contributed by atoms with Gasteiger partial charge in [-0.1, -0.05) is 0 Å². The number of hydrogen-bond donors (Lipinski definition) is 1. The maximum atomic E-state index is 12.4. The van der Waals surface area contributed by atoms with E-state index in [0.29, 0.717) is 6.61 Å². The molecule has 1 unspecified atom stereocenters. The lowest BCUT2D eigenvalue weighted by molar-refractivity contribution is -0.128. The van der Waals surface area contributed by atoms with Gasteiger partial charge < -0.3 is 10.1 Å². The van der Waals surface area contributed by atoms with E-state index in [1.807, 2.05) is 20.8 Å². The summed E-state index contributed by atoms with van der Waals surface area (Å²) in [5.74, 6) is 0. The molecule has 18 heavy (non-hydrogen) atoms. The molecule has 1 saturated heterocycles. The molecule has 0 spiro atoms. The van der Waals surface area contributed by atoms with Gasteiger partial charge in [0, 0.05) is 13.1 Å². The van der Waals surface area contributed by atoms with Gasteiger partial charge in [0.25, 0.3) is 0 Å². The second kappa shape index (κ2) is 5.74. The fourth-order valence-corrected chi connectivity index (χ4v) is 3.85. The first-order chi connectivity index (χ1) is 8.50. The number of ether oxygens (including phenoxy) is 1. The molecule has 1 aromatic heterocycles. The molecule has 0 aliphatic carbocycles. The Hall–Kier alpha value is -0.360. The first kappa shape index (κ1) is 14.1. The van der Waals surface area contributed by atoms with E-state index in [9.17, 15) is 4.79 Å². The van der Waals surface area contributed by atoms with E-state index in [2.05, 4.69) is 16.8 Å². The zero-order valence-electron chi connectivity index (χ0n) is 11.0. The van der Waals surface area contributed by atoms with Crippen LogP contribution in [-0.4, -0.2) is 30.9 Å². The summed E-state index contributed by atoms with van der Waals surface area (Å²) >= 11 is 2.96. The Bertz CT molecular complexity index is 422. The van der Waals surface area contributed by atoms with Gasteiger partial charge in [-0.2, -0.15) is 0 Å². The van der Waals surface area contributed by atoms with Gasteiger partial charge in [-0.3, -0.25) is 4.79 Å². The number of thioether (sulfide) groups is 1. The summed E-state index contributed by atoms with van der Waals surface area (Å²) in [6.45, 7) is 8.30. The molecule has 2 heterocycles. The summed E-state index contributed by atoms with van der Waals surface area (Å²) in [6, 6.07) is 2.06. The average molecular weight is 285 g/mol. The van der Waals surface area contributed by atoms with Gasteiger partial charge in [-0.15, -0.1) is 11.3 Å². The molecule has 100 valence electrons. The Labute approximate surface area is 116 Å². The third-order valence-electron chi connectivity index (χ3n) is 3.16. The molecule has 5 heteroatoms. The van der Waals surface area contributed by atoms with Crippen molar-refractivity contribution >= 4 is 28.2 Å². The molecule has 1 aliphatic heterocycles. The van der Waals surface area contributed by atoms with Gasteiger partial charge in [0.05, 0.1) is 22.3 Å². The highest BCUT2D eigenvalue weighted by Crippen LogP contribution is 2.36. The van der Waals surface area contributed by atoms with Crippen molar-refractivity contribution in [3.05, 3.63) is 17.0 Å². The summed E-state index contributed by atoms with van der Waals surface area (Å²) in [5.41, 5.74) is 0.749. The third kappa shape index (κ3) is 3.15. The van der Waals surface area contributed by atoms with Gasteiger partial charge in [-0.05, 0) is 49.5 Å². The fraction of sp³-hybridized carbons (Fsp3) is 0.615. The molecular weight excluding hydrogens is 266 g/mol. The van der Waals surface area contributed by atoms with Crippen LogP contribution in [0.2, 0.25) is 0 Å². The van der Waals surface area contributed by atoms with Crippen molar-refractivity contribution in [1.82, 2.24) is 5.32 Å². The predicted molar refractivity (Wildman–Crippen MR) is 76.3 cm³/mol. The number of aryl methyl sites for hydroxylation is 1. The van der Waals surface area contributed by atoms with Crippen LogP contribution in [0.1, 0.15) is 19.4 Å². The monoisotopic (exact) mass is 285 g/mol. The lowest BCUT2D eigenvalue weighted by Crippen LogP contribution is -2.49. The number of rotatable bonds is 3. The molecule has 2 rings (SSSR count). The summed E-state index contributed by atoms with van der Waals surface area (Å²) in [6.07, 6.45) is -0.0349. The molecule has 0 amide bonds. The number of morpholine rings is 1. The van der Waals surface area contributed by atoms with Crippen molar-refractivity contribution in [2.45, 2.75) is 31.1 Å². The van der Waals surface area contributed by atoms with Crippen LogP contribution in [0.4, 0.5) is 0 Å². The molecule has 0 saturated carbocycles. The first-order valence-corrected chi connectivity index (χ1v) is 7.79. The van der Waals surface area contributed by atoms with Crippen LogP contribution in [0.25, 0.3) is 0 Å². The van der Waals surface area contributed by atoms with Gasteiger partial charge in [-0.25, -0.2) is 0 Å². The largest absolute Gasteiger partial charge is 0.375 e. The second-order valence-corrected chi connectivity index (χ2v) is 7.30. The normalized spacial score (nSPS) is 20.9. The quantitative estimate of drug-likeness (QED) is 0.867. The number of nitrogens with one attached hydrogen (secondary N) is 1. The molecular formula is C13H19NO2S2. The van der Waals surface area contributed by atoms with Gasteiger partial charge in [0.15, 0.2) is 0 Å². The maximum absolute atomic E-state index is 12.4. The molecule has 1 aliphatic rings. The van der Waals surface area contributed by atoms with E-state index in [1.54, 1.807) is 11.3 Å². The average Bonchev–Trinajstić information content (AvgIpc) is 2.76. The minimum Gasteiger partial charge on any atom is -0.375 e. The van der Waals surface area contributed by atoms with Crippen molar-refractivity contribution in [3.8, 4) is 0 Å². The molecule has 1 aromatic rings. The van der Waals surface area contributed by atoms with Crippen LogP contribution in [-0.2, 0) is 9.53 Å². The number of carbonyl (C=O) groups is 1. The van der Waals surface area contributed by atoms with Crippen molar-refractivity contribution < 1.29 is 9.53 Å². The first-order valence-electron chi connectivity index (χ1n) is 6.10. The zero-order chi connectivity index (χ0) is 13.2. The van der Waals surface area contributed by atoms with Crippen LogP contribution < -0.4 is 5.32 Å². The Balaban J connectivity index is 2.02. The molecule has 1 fully saturated rings. The summed E-state index contributed by atoms with van der Waals surface area (Å²) in [7, 11) is 0. The van der Waals surface area contributed by atoms with Crippen LogP contribution in [0.5, 0.6) is 0 Å². The van der Waals surface area contributed by atoms with Crippen LogP contribution in [0.15, 0.2) is 15.7 Å². The Morgan fingerprint density at radius 2 is 2.39 bits per heavy atom. The van der Waals surface area contributed by atoms with Crippen molar-refractivity contribution in [2.75, 3.05) is 19.7 Å². The number of carbonyl (C=O) groups excluding carboxylic acids is 1. The van der Waals surface area contributed by atoms with E-state index >= 15 is 0 Å². The van der Waals surface area contributed by atoms with Gasteiger partial charge >= 0.3 is 0 Å². The smallest absolute Gasteiger partial charge is 0.202 e. The molecule has 3 nitrogen and oxygen atoms in total. The lowest BCUT2D eigenvalue weighted by Gasteiger charge is -2.35. The minimum atomic E-state index is -0.462. The topological polar surface area (TPSA) is 38.3 Å². The van der Waals surface area contributed by atoms with E-state index in [1.165, 1.54) is 17.3 Å². The molecule has 1 atom stereocenters. The van der Waals surface area contributed by atoms with Crippen LogP contribution >= 0.6 is 23.1 Å². The second-order valence-electron chi connectivity index (χ2n) is 5.12. The third-order valence-corrected chi connectivity index (χ3v) is 5.57. The van der Waals surface area contributed by atoms with Gasteiger partial charge in [0.2, 0.25) is 5.12 Å². The van der Waals surface area contributed by atoms with Crippen LogP contribution in [0, 0.1) is 12.3 Å². The van der Waals surface area contributed by atoms with E-state index in [4.69, 9.17) is 4.74 Å². The molecule has 0 bridgehead atoms. The van der Waals surface area contributed by atoms with Gasteiger partial charge in [0.1, 0.15) is 0 Å². The number of hydrogen-bond acceptors (Lipinski definition) is 5. The highest BCUT2D eigenvalue weighted by Gasteiger charge is 2.39. The minimum absolute atomic E-state index is 0.0349. The molecule has 0 radical (unpaired) electrons. The van der Waals surface area contributed by atoms with E-state index in [-0.39, 0.29) is 11.2 Å². The van der Waals surface area contributed by atoms with Crippen molar-refractivity contribution in [1.29, 1.82) is 0 Å². The number of thiophene rings is 1. The summed E-state index contributed by atoms with van der Waals surface area (Å²) in [5, 5.41) is 5.53. The highest BCUT2D eigenvalue weighted by atomic mass is 32.2.